The third kappa shape index (κ3) is 2.84. The Balaban J connectivity index is 2.19. The van der Waals surface area contributed by atoms with E-state index in [1.807, 2.05) is 0 Å². The molecule has 0 radical (unpaired) electrons. The summed E-state index contributed by atoms with van der Waals surface area (Å²) in [5.41, 5.74) is 0.812. The maximum absolute atomic E-state index is 11.9. The van der Waals surface area contributed by atoms with Crippen LogP contribution in [0.15, 0.2) is 28.7 Å². The van der Waals surface area contributed by atoms with E-state index in [1.54, 1.807) is 24.7 Å². The Labute approximate surface area is 103 Å². The van der Waals surface area contributed by atoms with Crippen molar-refractivity contribution in [3.8, 4) is 0 Å². The molecule has 92 valence electrons. The van der Waals surface area contributed by atoms with Crippen LogP contribution in [0, 0.1) is 0 Å². The topological polar surface area (TPSA) is 86.9 Å². The molecule has 2 heterocycles. The summed E-state index contributed by atoms with van der Waals surface area (Å²) in [6, 6.07) is 1.59. The number of anilines is 1. The van der Waals surface area contributed by atoms with Gasteiger partial charge in [0.2, 0.25) is 0 Å². The van der Waals surface area contributed by atoms with Gasteiger partial charge in [-0.15, -0.1) is 11.3 Å². The predicted octanol–water partition coefficient (Wildman–Crippen LogP) is 0.991. The van der Waals surface area contributed by atoms with E-state index in [2.05, 4.69) is 20.0 Å². The van der Waals surface area contributed by atoms with E-state index in [0.29, 0.717) is 11.7 Å². The molecule has 2 rings (SSSR count). The zero-order chi connectivity index (χ0) is 12.3. The van der Waals surface area contributed by atoms with Gasteiger partial charge in [-0.1, -0.05) is 0 Å². The summed E-state index contributed by atoms with van der Waals surface area (Å²) >= 11 is 1.24. The van der Waals surface area contributed by atoms with E-state index in [0.717, 1.165) is 5.69 Å². The van der Waals surface area contributed by atoms with Crippen molar-refractivity contribution in [2.45, 2.75) is 11.4 Å². The highest BCUT2D eigenvalue weighted by Gasteiger charge is 2.16. The van der Waals surface area contributed by atoms with Crippen molar-refractivity contribution in [1.82, 2.24) is 15.3 Å². The van der Waals surface area contributed by atoms with Crippen LogP contribution in [-0.4, -0.2) is 25.4 Å². The first kappa shape index (κ1) is 12.1. The van der Waals surface area contributed by atoms with Gasteiger partial charge < -0.3 is 10.3 Å². The number of aromatic nitrogens is 2. The van der Waals surface area contributed by atoms with E-state index in [4.69, 9.17) is 0 Å². The largest absolute Gasteiger partial charge is 0.363 e. The number of thiazole rings is 1. The van der Waals surface area contributed by atoms with Crippen LogP contribution in [0.3, 0.4) is 0 Å². The molecule has 17 heavy (non-hydrogen) atoms. The maximum atomic E-state index is 11.9. The van der Waals surface area contributed by atoms with Crippen LogP contribution in [0.5, 0.6) is 0 Å². The monoisotopic (exact) mass is 272 g/mol. The fourth-order valence-electron chi connectivity index (χ4n) is 1.31. The van der Waals surface area contributed by atoms with E-state index < -0.39 is 10.0 Å². The molecule has 0 saturated carbocycles. The van der Waals surface area contributed by atoms with Crippen molar-refractivity contribution >= 4 is 26.5 Å². The molecular formula is C9H12N4O2S2. The van der Waals surface area contributed by atoms with Crippen LogP contribution in [0.4, 0.5) is 5.13 Å². The molecule has 0 atom stereocenters. The van der Waals surface area contributed by atoms with Crippen molar-refractivity contribution in [2.24, 2.45) is 0 Å². The second-order valence-corrected chi connectivity index (χ2v) is 5.91. The first-order valence-corrected chi connectivity index (χ1v) is 7.22. The van der Waals surface area contributed by atoms with Crippen LogP contribution in [0.25, 0.3) is 0 Å². The Bertz CT molecular complexity index is 574. The minimum atomic E-state index is -3.54. The van der Waals surface area contributed by atoms with Crippen LogP contribution in [0.2, 0.25) is 0 Å². The lowest BCUT2D eigenvalue weighted by Crippen LogP contribution is -2.12. The number of rotatable bonds is 5. The molecule has 3 N–H and O–H groups in total. The van der Waals surface area contributed by atoms with Crippen LogP contribution >= 0.6 is 11.3 Å². The molecule has 0 aliphatic carbocycles. The van der Waals surface area contributed by atoms with E-state index >= 15 is 0 Å². The average Bonchev–Trinajstić information content (AvgIpc) is 2.88. The molecule has 0 aliphatic rings. The number of H-pyrrole nitrogens is 1. The first-order valence-electron chi connectivity index (χ1n) is 4.86. The third-order valence-corrected chi connectivity index (χ3v) is 4.18. The molecule has 0 amide bonds. The standard InChI is InChI=1S/C9H12N4O2S2/c1-10-5-7-4-8(6-12-7)17(14,15)13-9-11-2-3-16-9/h2-4,6,10,12H,5H2,1H3,(H,11,13). The molecule has 8 heteroatoms. The lowest BCUT2D eigenvalue weighted by atomic mass is 10.4. The third-order valence-electron chi connectivity index (χ3n) is 2.05. The predicted molar refractivity (Wildman–Crippen MR) is 66.5 cm³/mol. The van der Waals surface area contributed by atoms with Crippen molar-refractivity contribution in [3.63, 3.8) is 0 Å². The Morgan fingerprint density at radius 3 is 3.00 bits per heavy atom. The van der Waals surface area contributed by atoms with Crippen LogP contribution < -0.4 is 10.0 Å². The summed E-state index contributed by atoms with van der Waals surface area (Å²) in [5.74, 6) is 0. The quantitative estimate of drug-likeness (QED) is 0.757. The highest BCUT2D eigenvalue weighted by molar-refractivity contribution is 7.93. The number of nitrogens with one attached hydrogen (secondary N) is 3. The summed E-state index contributed by atoms with van der Waals surface area (Å²) in [7, 11) is -1.75. The fraction of sp³-hybridized carbons (Fsp3) is 0.222. The second kappa shape index (κ2) is 4.86. The highest BCUT2D eigenvalue weighted by Crippen LogP contribution is 2.18. The van der Waals surface area contributed by atoms with Gasteiger partial charge in [0.05, 0.1) is 0 Å². The van der Waals surface area contributed by atoms with Gasteiger partial charge in [0.15, 0.2) is 5.13 Å². The van der Waals surface area contributed by atoms with E-state index in [9.17, 15) is 8.42 Å². The van der Waals surface area contributed by atoms with Gasteiger partial charge in [-0.3, -0.25) is 4.72 Å². The molecule has 0 fully saturated rings. The van der Waals surface area contributed by atoms with Gasteiger partial charge >= 0.3 is 0 Å². The summed E-state index contributed by atoms with van der Waals surface area (Å²) in [4.78, 5) is 6.98. The Kier molecular flexibility index (Phi) is 3.46. The van der Waals surface area contributed by atoms with Crippen molar-refractivity contribution in [3.05, 3.63) is 29.5 Å². The lowest BCUT2D eigenvalue weighted by molar-refractivity contribution is 0.601. The first-order chi connectivity index (χ1) is 8.12. The van der Waals surface area contributed by atoms with Crippen molar-refractivity contribution < 1.29 is 8.42 Å². The average molecular weight is 272 g/mol. The van der Waals surface area contributed by atoms with Crippen LogP contribution in [-0.2, 0) is 16.6 Å². The highest BCUT2D eigenvalue weighted by atomic mass is 32.2. The minimum absolute atomic E-state index is 0.206. The zero-order valence-electron chi connectivity index (χ0n) is 9.10. The summed E-state index contributed by atoms with van der Waals surface area (Å²) in [6.45, 7) is 0.590. The Hall–Kier alpha value is -1.38. The molecule has 0 bridgehead atoms. The molecule has 0 saturated heterocycles. The Morgan fingerprint density at radius 1 is 1.53 bits per heavy atom. The van der Waals surface area contributed by atoms with Gasteiger partial charge in [0, 0.05) is 30.0 Å². The minimum Gasteiger partial charge on any atom is -0.363 e. The maximum Gasteiger partial charge on any atom is 0.265 e. The zero-order valence-corrected chi connectivity index (χ0v) is 10.7. The fourth-order valence-corrected chi connectivity index (χ4v) is 3.12. The number of nitrogens with zero attached hydrogens (tertiary/aromatic N) is 1. The molecule has 0 aromatic carbocycles. The normalized spacial score (nSPS) is 11.6. The second-order valence-electron chi connectivity index (χ2n) is 3.33. The van der Waals surface area contributed by atoms with Crippen LogP contribution in [0.1, 0.15) is 5.69 Å². The summed E-state index contributed by atoms with van der Waals surface area (Å²) < 4.78 is 26.3. The van der Waals surface area contributed by atoms with Gasteiger partial charge in [-0.25, -0.2) is 13.4 Å². The Morgan fingerprint density at radius 2 is 2.35 bits per heavy atom. The molecule has 0 spiro atoms. The van der Waals surface area contributed by atoms with Crippen molar-refractivity contribution in [2.75, 3.05) is 11.8 Å². The number of hydrogen-bond acceptors (Lipinski definition) is 5. The SMILES string of the molecule is CNCc1cc(S(=O)(=O)Nc2nccs2)c[nH]1. The molecular weight excluding hydrogens is 260 g/mol. The number of aromatic amines is 1. The smallest absolute Gasteiger partial charge is 0.265 e. The van der Waals surface area contributed by atoms with Gasteiger partial charge in [0.25, 0.3) is 10.0 Å². The van der Waals surface area contributed by atoms with Crippen molar-refractivity contribution in [1.29, 1.82) is 0 Å². The molecule has 0 aliphatic heterocycles. The molecule has 6 nitrogen and oxygen atoms in total. The van der Waals surface area contributed by atoms with E-state index in [1.165, 1.54) is 17.5 Å². The molecule has 0 unspecified atom stereocenters. The molecule has 2 aromatic rings. The summed E-state index contributed by atoms with van der Waals surface area (Å²) in [6.07, 6.45) is 3.01. The summed E-state index contributed by atoms with van der Waals surface area (Å²) in [5, 5.41) is 5.01. The number of hydrogen-bond donors (Lipinski definition) is 3. The lowest BCUT2D eigenvalue weighted by Gasteiger charge is -2.01. The van der Waals surface area contributed by atoms with Gasteiger partial charge in [0.1, 0.15) is 4.90 Å². The van der Waals surface area contributed by atoms with E-state index in [-0.39, 0.29) is 4.90 Å². The van der Waals surface area contributed by atoms with Gasteiger partial charge in [-0.05, 0) is 13.1 Å². The molecule has 2 aromatic heterocycles. The van der Waals surface area contributed by atoms with Gasteiger partial charge in [-0.2, -0.15) is 0 Å². The number of sulfonamides is 1.